The zero-order valence-electron chi connectivity index (χ0n) is 10.9. The molecule has 2 aromatic carbocycles. The Morgan fingerprint density at radius 3 is 2.86 bits per heavy atom. The molecule has 6 heteroatoms. The summed E-state index contributed by atoms with van der Waals surface area (Å²) in [5, 5.41) is 9.47. The van der Waals surface area contributed by atoms with Crippen LogP contribution in [0.1, 0.15) is 5.56 Å². The fourth-order valence-electron chi connectivity index (χ4n) is 2.16. The summed E-state index contributed by atoms with van der Waals surface area (Å²) < 4.78 is 11.3. The Morgan fingerprint density at radius 2 is 2.10 bits per heavy atom. The summed E-state index contributed by atoms with van der Waals surface area (Å²) in [6.07, 6.45) is 0. The molecular formula is C15H11NO5. The van der Waals surface area contributed by atoms with E-state index in [1.807, 2.05) is 0 Å². The molecule has 0 aliphatic rings. The summed E-state index contributed by atoms with van der Waals surface area (Å²) in [5.41, 5.74) is 1.67. The second kappa shape index (κ2) is 5.16. The molecule has 0 fully saturated rings. The quantitative estimate of drug-likeness (QED) is 0.740. The average Bonchev–Trinajstić information content (AvgIpc) is 2.76. The molecule has 0 radical (unpaired) electrons. The number of aromatic nitrogens is 1. The highest BCUT2D eigenvalue weighted by Gasteiger charge is 2.11. The van der Waals surface area contributed by atoms with E-state index in [1.54, 1.807) is 42.5 Å². The summed E-state index contributed by atoms with van der Waals surface area (Å²) in [7, 11) is 0. The standard InChI is InChI=1S/C15H11NO5/c17-9-20-12-4-5-14-13(7-12)16(15(19)21-14)8-10-2-1-3-11(18)6-10/h1-7,9,18H,8H2. The van der Waals surface area contributed by atoms with E-state index in [2.05, 4.69) is 0 Å². The molecule has 3 aromatic rings. The van der Waals surface area contributed by atoms with Gasteiger partial charge in [0.25, 0.3) is 6.47 Å². The van der Waals surface area contributed by atoms with Gasteiger partial charge in [0.2, 0.25) is 0 Å². The van der Waals surface area contributed by atoms with Crippen molar-refractivity contribution in [3.05, 3.63) is 58.6 Å². The van der Waals surface area contributed by atoms with Crippen LogP contribution in [0, 0.1) is 0 Å². The van der Waals surface area contributed by atoms with E-state index in [0.717, 1.165) is 5.56 Å². The number of rotatable bonds is 4. The SMILES string of the molecule is O=COc1ccc2oc(=O)n(Cc3cccc(O)c3)c2c1. The topological polar surface area (TPSA) is 81.7 Å². The molecule has 0 aliphatic heterocycles. The Kier molecular flexibility index (Phi) is 3.19. The molecule has 21 heavy (non-hydrogen) atoms. The van der Waals surface area contributed by atoms with E-state index < -0.39 is 5.76 Å². The second-order valence-electron chi connectivity index (χ2n) is 4.47. The van der Waals surface area contributed by atoms with Crippen LogP contribution in [0.15, 0.2) is 51.7 Å². The Bertz CT molecular complexity index is 862. The number of hydrogen-bond donors (Lipinski definition) is 1. The molecule has 3 rings (SSSR count). The highest BCUT2D eigenvalue weighted by molar-refractivity contribution is 5.75. The highest BCUT2D eigenvalue weighted by atomic mass is 16.5. The van der Waals surface area contributed by atoms with E-state index in [4.69, 9.17) is 9.15 Å². The first-order valence-electron chi connectivity index (χ1n) is 6.19. The largest absolute Gasteiger partial charge is 0.508 e. The van der Waals surface area contributed by atoms with Crippen LogP contribution in [0.5, 0.6) is 11.5 Å². The zero-order chi connectivity index (χ0) is 14.8. The molecule has 0 aliphatic carbocycles. The molecule has 0 spiro atoms. The minimum Gasteiger partial charge on any atom is -0.508 e. The van der Waals surface area contributed by atoms with Crippen LogP contribution in [0.3, 0.4) is 0 Å². The lowest BCUT2D eigenvalue weighted by molar-refractivity contribution is -0.120. The Hall–Kier alpha value is -3.02. The van der Waals surface area contributed by atoms with E-state index in [9.17, 15) is 14.7 Å². The fourth-order valence-corrected chi connectivity index (χ4v) is 2.16. The Morgan fingerprint density at radius 1 is 1.24 bits per heavy atom. The van der Waals surface area contributed by atoms with Crippen molar-refractivity contribution >= 4 is 17.6 Å². The number of phenolic OH excluding ortho intramolecular Hbond substituents is 1. The summed E-state index contributed by atoms with van der Waals surface area (Å²) in [6.45, 7) is 0.559. The number of carbonyl (C=O) groups excluding carboxylic acids is 1. The number of phenols is 1. The highest BCUT2D eigenvalue weighted by Crippen LogP contribution is 2.21. The van der Waals surface area contributed by atoms with Crippen LogP contribution >= 0.6 is 0 Å². The van der Waals surface area contributed by atoms with E-state index in [0.29, 0.717) is 23.3 Å². The molecule has 6 nitrogen and oxygen atoms in total. The predicted octanol–water partition coefficient (Wildman–Crippen LogP) is 1.88. The number of oxazole rings is 1. The van der Waals surface area contributed by atoms with Crippen molar-refractivity contribution in [2.75, 3.05) is 0 Å². The van der Waals surface area contributed by atoms with Gasteiger partial charge < -0.3 is 14.3 Å². The molecule has 0 unspecified atom stereocenters. The molecule has 1 N–H and O–H groups in total. The first-order valence-corrected chi connectivity index (χ1v) is 6.19. The minimum absolute atomic E-state index is 0.123. The zero-order valence-corrected chi connectivity index (χ0v) is 10.9. The van der Waals surface area contributed by atoms with Crippen LogP contribution in [-0.4, -0.2) is 16.1 Å². The predicted molar refractivity (Wildman–Crippen MR) is 74.4 cm³/mol. The molecule has 0 bridgehead atoms. The monoisotopic (exact) mass is 285 g/mol. The second-order valence-corrected chi connectivity index (χ2v) is 4.47. The number of fused-ring (bicyclic) bond motifs is 1. The molecular weight excluding hydrogens is 274 g/mol. The number of hydrogen-bond acceptors (Lipinski definition) is 5. The van der Waals surface area contributed by atoms with Gasteiger partial charge in [-0.15, -0.1) is 0 Å². The first kappa shape index (κ1) is 13.0. The summed E-state index contributed by atoms with van der Waals surface area (Å²) in [6, 6.07) is 11.3. The van der Waals surface area contributed by atoms with Gasteiger partial charge in [0.1, 0.15) is 11.5 Å². The van der Waals surface area contributed by atoms with Gasteiger partial charge in [-0.25, -0.2) is 4.79 Å². The van der Waals surface area contributed by atoms with Gasteiger partial charge in [-0.1, -0.05) is 12.1 Å². The van der Waals surface area contributed by atoms with Gasteiger partial charge in [0.05, 0.1) is 12.1 Å². The fraction of sp³-hybridized carbons (Fsp3) is 0.0667. The van der Waals surface area contributed by atoms with Crippen molar-refractivity contribution in [1.29, 1.82) is 0 Å². The Labute approximate surface area is 118 Å². The smallest absolute Gasteiger partial charge is 0.420 e. The van der Waals surface area contributed by atoms with Crippen LogP contribution in [-0.2, 0) is 11.3 Å². The van der Waals surface area contributed by atoms with E-state index in [-0.39, 0.29) is 12.3 Å². The van der Waals surface area contributed by atoms with Crippen molar-refractivity contribution in [2.24, 2.45) is 0 Å². The van der Waals surface area contributed by atoms with Gasteiger partial charge in [-0.3, -0.25) is 9.36 Å². The molecule has 0 saturated heterocycles. The molecule has 0 amide bonds. The van der Waals surface area contributed by atoms with Crippen molar-refractivity contribution in [1.82, 2.24) is 4.57 Å². The van der Waals surface area contributed by atoms with Crippen LogP contribution in [0.2, 0.25) is 0 Å². The minimum atomic E-state index is -0.517. The van der Waals surface area contributed by atoms with Crippen LogP contribution in [0.25, 0.3) is 11.1 Å². The lowest BCUT2D eigenvalue weighted by atomic mass is 10.2. The molecule has 0 saturated carbocycles. The first-order chi connectivity index (χ1) is 10.2. The number of ether oxygens (including phenoxy) is 1. The molecule has 0 atom stereocenters. The normalized spacial score (nSPS) is 10.7. The third-order valence-corrected chi connectivity index (χ3v) is 3.07. The maximum Gasteiger partial charge on any atom is 0.420 e. The summed E-state index contributed by atoms with van der Waals surface area (Å²) in [4.78, 5) is 22.3. The lowest BCUT2D eigenvalue weighted by Gasteiger charge is -2.04. The van der Waals surface area contributed by atoms with Crippen molar-refractivity contribution in [3.63, 3.8) is 0 Å². The van der Waals surface area contributed by atoms with Gasteiger partial charge >= 0.3 is 5.76 Å². The average molecular weight is 285 g/mol. The number of carbonyl (C=O) groups is 1. The van der Waals surface area contributed by atoms with Gasteiger partial charge in [0, 0.05) is 6.07 Å². The van der Waals surface area contributed by atoms with Gasteiger partial charge in [-0.2, -0.15) is 0 Å². The molecule has 1 heterocycles. The van der Waals surface area contributed by atoms with Crippen LogP contribution in [0.4, 0.5) is 0 Å². The third-order valence-electron chi connectivity index (χ3n) is 3.07. The van der Waals surface area contributed by atoms with E-state index in [1.165, 1.54) is 4.57 Å². The van der Waals surface area contributed by atoms with E-state index >= 15 is 0 Å². The van der Waals surface area contributed by atoms with Gasteiger partial charge in [-0.05, 0) is 29.8 Å². The maximum atomic E-state index is 11.9. The van der Waals surface area contributed by atoms with Crippen molar-refractivity contribution in [2.45, 2.75) is 6.54 Å². The number of nitrogens with zero attached hydrogens (tertiary/aromatic N) is 1. The third kappa shape index (κ3) is 2.51. The maximum absolute atomic E-state index is 11.9. The van der Waals surface area contributed by atoms with Crippen LogP contribution < -0.4 is 10.5 Å². The Balaban J connectivity index is 2.08. The van der Waals surface area contributed by atoms with Crippen molar-refractivity contribution in [3.8, 4) is 11.5 Å². The molecule has 1 aromatic heterocycles. The van der Waals surface area contributed by atoms with Crippen molar-refractivity contribution < 1.29 is 19.1 Å². The number of aromatic hydroxyl groups is 1. The number of benzene rings is 2. The summed E-state index contributed by atoms with van der Waals surface area (Å²) >= 11 is 0. The molecule has 106 valence electrons. The lowest BCUT2D eigenvalue weighted by Crippen LogP contribution is -2.14. The van der Waals surface area contributed by atoms with Gasteiger partial charge in [0.15, 0.2) is 5.58 Å². The summed E-state index contributed by atoms with van der Waals surface area (Å²) in [5.74, 6) is -0.0714.